The van der Waals surface area contributed by atoms with Crippen molar-refractivity contribution in [2.45, 2.75) is 12.9 Å². The Kier molecular flexibility index (Phi) is 1.30. The third-order valence-corrected chi connectivity index (χ3v) is 1.30. The molecule has 0 radical (unpaired) electrons. The number of benzene rings is 1. The highest BCUT2D eigenvalue weighted by atomic mass is 19.1. The van der Waals surface area contributed by atoms with E-state index < -0.39 is 24.5 Å². The van der Waals surface area contributed by atoms with Crippen molar-refractivity contribution in [1.82, 2.24) is 0 Å². The van der Waals surface area contributed by atoms with Gasteiger partial charge in [-0.15, -0.1) is 0 Å². The Labute approximate surface area is 68.0 Å². The fourth-order valence-corrected chi connectivity index (χ4v) is 0.754. The Hall–Kier alpha value is -0.960. The van der Waals surface area contributed by atoms with Gasteiger partial charge >= 0.3 is 0 Å². The SMILES string of the molecule is [2H]C([2H])([2H])[C@@H](N)c1ccc(F)cc1F. The molecular weight excluding hydrogens is 148 g/mol. The number of rotatable bonds is 1. The van der Waals surface area contributed by atoms with Gasteiger partial charge in [-0.2, -0.15) is 0 Å². The van der Waals surface area contributed by atoms with Gasteiger partial charge in [0, 0.05) is 21.8 Å². The van der Waals surface area contributed by atoms with Gasteiger partial charge in [-0.1, -0.05) is 6.07 Å². The van der Waals surface area contributed by atoms with Crippen LogP contribution in [0.1, 0.15) is 22.6 Å². The van der Waals surface area contributed by atoms with Crippen LogP contribution in [0.2, 0.25) is 0 Å². The average Bonchev–Trinajstić information content (AvgIpc) is 2.01. The molecule has 0 spiro atoms. The van der Waals surface area contributed by atoms with E-state index in [4.69, 9.17) is 9.85 Å². The smallest absolute Gasteiger partial charge is 0.130 e. The molecule has 0 unspecified atom stereocenters. The molecule has 1 aromatic carbocycles. The van der Waals surface area contributed by atoms with E-state index >= 15 is 0 Å². The molecule has 3 heteroatoms. The van der Waals surface area contributed by atoms with Crippen LogP contribution in [-0.4, -0.2) is 0 Å². The molecule has 60 valence electrons. The van der Waals surface area contributed by atoms with Crippen LogP contribution >= 0.6 is 0 Å². The molecule has 0 aliphatic rings. The van der Waals surface area contributed by atoms with Crippen LogP contribution in [0.4, 0.5) is 8.78 Å². The summed E-state index contributed by atoms with van der Waals surface area (Å²) in [5.41, 5.74) is 5.10. The monoisotopic (exact) mass is 160 g/mol. The summed E-state index contributed by atoms with van der Waals surface area (Å²) in [5, 5.41) is 0. The van der Waals surface area contributed by atoms with Crippen molar-refractivity contribution in [1.29, 1.82) is 0 Å². The van der Waals surface area contributed by atoms with Crippen LogP contribution in [0, 0.1) is 11.6 Å². The van der Waals surface area contributed by atoms with E-state index in [2.05, 4.69) is 0 Å². The van der Waals surface area contributed by atoms with Gasteiger partial charge in [0.05, 0.1) is 0 Å². The Bertz CT molecular complexity index is 338. The van der Waals surface area contributed by atoms with E-state index in [-0.39, 0.29) is 5.56 Å². The third kappa shape index (κ3) is 1.74. The highest BCUT2D eigenvalue weighted by Crippen LogP contribution is 2.14. The van der Waals surface area contributed by atoms with Gasteiger partial charge in [0.2, 0.25) is 0 Å². The highest BCUT2D eigenvalue weighted by molar-refractivity contribution is 5.20. The molecule has 0 saturated heterocycles. The van der Waals surface area contributed by atoms with Crippen molar-refractivity contribution in [3.63, 3.8) is 0 Å². The average molecular weight is 160 g/mol. The van der Waals surface area contributed by atoms with Crippen LogP contribution < -0.4 is 5.73 Å². The predicted molar refractivity (Wildman–Crippen MR) is 39.0 cm³/mol. The van der Waals surface area contributed by atoms with Gasteiger partial charge in [0.1, 0.15) is 11.6 Å². The fraction of sp³-hybridized carbons (Fsp3) is 0.250. The van der Waals surface area contributed by atoms with Gasteiger partial charge in [-0.05, 0) is 12.9 Å². The molecule has 0 bridgehead atoms. The van der Waals surface area contributed by atoms with Crippen LogP contribution in [0.3, 0.4) is 0 Å². The maximum Gasteiger partial charge on any atom is 0.130 e. The van der Waals surface area contributed by atoms with E-state index in [1.165, 1.54) is 0 Å². The zero-order valence-electron chi connectivity index (χ0n) is 8.64. The van der Waals surface area contributed by atoms with Crippen LogP contribution in [-0.2, 0) is 0 Å². The lowest BCUT2D eigenvalue weighted by molar-refractivity contribution is 0.562. The van der Waals surface area contributed by atoms with E-state index in [0.717, 1.165) is 12.1 Å². The molecule has 11 heavy (non-hydrogen) atoms. The molecule has 1 rings (SSSR count). The summed E-state index contributed by atoms with van der Waals surface area (Å²) in [6.07, 6.45) is 0. The van der Waals surface area contributed by atoms with Crippen LogP contribution in [0.5, 0.6) is 0 Å². The van der Waals surface area contributed by atoms with Gasteiger partial charge in [-0.25, -0.2) is 8.78 Å². The minimum Gasteiger partial charge on any atom is -0.324 e. The molecule has 0 saturated carbocycles. The molecule has 1 nitrogen and oxygen atoms in total. The maximum atomic E-state index is 13.1. The summed E-state index contributed by atoms with van der Waals surface area (Å²) in [7, 11) is 0. The first-order chi connectivity index (χ1) is 6.32. The summed E-state index contributed by atoms with van der Waals surface area (Å²) in [5.74, 6) is -1.70. The number of hydrogen-bond donors (Lipinski definition) is 1. The first kappa shape index (κ1) is 4.83. The summed E-state index contributed by atoms with van der Waals surface area (Å²) < 4.78 is 46.5. The Morgan fingerprint density at radius 1 is 1.55 bits per heavy atom. The summed E-state index contributed by atoms with van der Waals surface area (Å²) in [6, 6.07) is 1.20. The number of nitrogens with two attached hydrogens (primary N) is 1. The second-order valence-corrected chi connectivity index (χ2v) is 2.14. The Balaban J connectivity index is 3.08. The Morgan fingerprint density at radius 3 is 2.82 bits per heavy atom. The van der Waals surface area contributed by atoms with Gasteiger partial charge in [0.25, 0.3) is 0 Å². The van der Waals surface area contributed by atoms with E-state index in [1.54, 1.807) is 0 Å². The lowest BCUT2D eigenvalue weighted by atomic mass is 10.1. The van der Waals surface area contributed by atoms with Crippen molar-refractivity contribution in [3.8, 4) is 0 Å². The minimum absolute atomic E-state index is 0.202. The van der Waals surface area contributed by atoms with Gasteiger partial charge < -0.3 is 5.73 Å². The lowest BCUT2D eigenvalue weighted by Gasteiger charge is -2.05. The minimum atomic E-state index is -2.49. The van der Waals surface area contributed by atoms with Crippen LogP contribution in [0.15, 0.2) is 18.2 Å². The lowest BCUT2D eigenvalue weighted by Crippen LogP contribution is -2.07. The van der Waals surface area contributed by atoms with Crippen molar-refractivity contribution >= 4 is 0 Å². The number of hydrogen-bond acceptors (Lipinski definition) is 1. The molecule has 0 aromatic heterocycles. The second kappa shape index (κ2) is 2.96. The van der Waals surface area contributed by atoms with Crippen molar-refractivity contribution in [2.24, 2.45) is 5.73 Å². The normalized spacial score (nSPS) is 18.3. The standard InChI is InChI=1S/C8H9F2N/c1-5(11)7-3-2-6(9)4-8(7)10/h2-5H,11H2,1H3/t5-/m1/s1/i1D3. The fourth-order valence-electron chi connectivity index (χ4n) is 0.754. The Morgan fingerprint density at radius 2 is 2.27 bits per heavy atom. The second-order valence-electron chi connectivity index (χ2n) is 2.14. The maximum absolute atomic E-state index is 13.1. The molecule has 1 atom stereocenters. The van der Waals surface area contributed by atoms with Crippen molar-refractivity contribution in [2.75, 3.05) is 0 Å². The molecule has 0 fully saturated rings. The molecule has 1 aromatic rings. The molecule has 0 aliphatic carbocycles. The predicted octanol–water partition coefficient (Wildman–Crippen LogP) is 1.98. The first-order valence-corrected chi connectivity index (χ1v) is 3.03. The third-order valence-electron chi connectivity index (χ3n) is 1.30. The van der Waals surface area contributed by atoms with E-state index in [9.17, 15) is 8.78 Å². The van der Waals surface area contributed by atoms with Gasteiger partial charge in [0.15, 0.2) is 0 Å². The zero-order valence-corrected chi connectivity index (χ0v) is 5.64. The highest BCUT2D eigenvalue weighted by Gasteiger charge is 2.06. The van der Waals surface area contributed by atoms with Crippen molar-refractivity contribution < 1.29 is 12.9 Å². The molecule has 0 heterocycles. The molecule has 2 N–H and O–H groups in total. The first-order valence-electron chi connectivity index (χ1n) is 4.53. The quantitative estimate of drug-likeness (QED) is 0.668. The number of halogens is 2. The van der Waals surface area contributed by atoms with Crippen LogP contribution in [0.25, 0.3) is 0 Å². The molecular formula is C8H9F2N. The largest absolute Gasteiger partial charge is 0.324 e. The van der Waals surface area contributed by atoms with Gasteiger partial charge in [-0.3, -0.25) is 0 Å². The van der Waals surface area contributed by atoms with Crippen molar-refractivity contribution in [3.05, 3.63) is 35.4 Å². The summed E-state index contributed by atoms with van der Waals surface area (Å²) in [6.45, 7) is -2.49. The van der Waals surface area contributed by atoms with E-state index in [1.807, 2.05) is 0 Å². The summed E-state index contributed by atoms with van der Waals surface area (Å²) in [4.78, 5) is 0. The van der Waals surface area contributed by atoms with E-state index in [0.29, 0.717) is 6.07 Å². The molecule has 0 amide bonds. The summed E-state index contributed by atoms with van der Waals surface area (Å²) >= 11 is 0. The molecule has 0 aliphatic heterocycles. The zero-order chi connectivity index (χ0) is 10.9. The topological polar surface area (TPSA) is 26.0 Å².